The Morgan fingerprint density at radius 1 is 1.90 bits per heavy atom. The Morgan fingerprint density at radius 3 is 3.00 bits per heavy atom. The first-order chi connectivity index (χ1) is 4.75. The summed E-state index contributed by atoms with van der Waals surface area (Å²) in [6, 6.07) is 0. The molecule has 0 atom stereocenters. The highest BCUT2D eigenvalue weighted by Gasteiger charge is 2.11. The van der Waals surface area contributed by atoms with Crippen molar-refractivity contribution in [3.05, 3.63) is 22.5 Å². The molecule has 0 bridgehead atoms. The van der Waals surface area contributed by atoms with Gasteiger partial charge in [-0.3, -0.25) is 0 Å². The van der Waals surface area contributed by atoms with Crippen LogP contribution in [0.4, 0.5) is 5.95 Å². The Balaban J connectivity index is 3.01. The van der Waals surface area contributed by atoms with Gasteiger partial charge in [-0.15, -0.1) is 0 Å². The second kappa shape index (κ2) is 2.44. The second-order valence-corrected chi connectivity index (χ2v) is 1.60. The van der Waals surface area contributed by atoms with E-state index in [-0.39, 0.29) is 5.95 Å². The molecular formula is C4H5N3O3. The van der Waals surface area contributed by atoms with Gasteiger partial charge in [0.1, 0.15) is 12.4 Å². The molecule has 0 fully saturated rings. The van der Waals surface area contributed by atoms with Crippen molar-refractivity contribution in [3.8, 4) is 0 Å². The molecule has 0 spiro atoms. The lowest BCUT2D eigenvalue weighted by molar-refractivity contribution is -0.397. The molecule has 0 aliphatic rings. The van der Waals surface area contributed by atoms with Crippen LogP contribution in [0.25, 0.3) is 0 Å². The summed E-state index contributed by atoms with van der Waals surface area (Å²) in [5.74, 6) is -0.345. The van der Waals surface area contributed by atoms with Crippen molar-refractivity contribution in [2.75, 3.05) is 0 Å². The summed E-state index contributed by atoms with van der Waals surface area (Å²) in [4.78, 5) is 12.8. The molecule has 0 amide bonds. The van der Waals surface area contributed by atoms with E-state index in [2.05, 4.69) is 4.98 Å². The fraction of sp³-hybridized carbons (Fsp3) is 0.250. The summed E-state index contributed by atoms with van der Waals surface area (Å²) < 4.78 is 1.03. The zero-order valence-corrected chi connectivity index (χ0v) is 4.97. The van der Waals surface area contributed by atoms with Crippen molar-refractivity contribution >= 4 is 5.95 Å². The molecule has 1 rings (SSSR count). The average Bonchev–Trinajstić information content (AvgIpc) is 2.33. The summed E-state index contributed by atoms with van der Waals surface area (Å²) in [6.45, 7) is -0.420. The Morgan fingerprint density at radius 2 is 2.60 bits per heavy atom. The number of nitro groups is 1. The molecule has 0 saturated carbocycles. The maximum absolute atomic E-state index is 10.1. The monoisotopic (exact) mass is 143 g/mol. The Bertz CT molecular complexity index is 244. The number of hydrogen-bond acceptors (Lipinski definition) is 4. The minimum absolute atomic E-state index is 0.345. The van der Waals surface area contributed by atoms with Crippen LogP contribution in [0, 0.1) is 10.1 Å². The van der Waals surface area contributed by atoms with Gasteiger partial charge in [-0.25, -0.2) is 4.57 Å². The average molecular weight is 143 g/mol. The highest BCUT2D eigenvalue weighted by molar-refractivity contribution is 5.05. The highest BCUT2D eigenvalue weighted by atomic mass is 16.6. The van der Waals surface area contributed by atoms with Gasteiger partial charge in [-0.2, -0.15) is 0 Å². The predicted octanol–water partition coefficient (Wildman–Crippen LogP) is -0.259. The SMILES string of the molecule is O=[N+]([O-])c1nccn1CO. The Kier molecular flexibility index (Phi) is 1.63. The molecule has 10 heavy (non-hydrogen) atoms. The number of hydrogen-bond donors (Lipinski definition) is 1. The van der Waals surface area contributed by atoms with Crippen molar-refractivity contribution in [1.82, 2.24) is 9.55 Å². The summed E-state index contributed by atoms with van der Waals surface area (Å²) in [6.07, 6.45) is 2.59. The van der Waals surface area contributed by atoms with E-state index in [4.69, 9.17) is 5.11 Å². The van der Waals surface area contributed by atoms with Gasteiger partial charge in [0.2, 0.25) is 0 Å². The second-order valence-electron chi connectivity index (χ2n) is 1.60. The van der Waals surface area contributed by atoms with Crippen LogP contribution < -0.4 is 0 Å². The lowest BCUT2D eigenvalue weighted by atomic mass is 10.9. The van der Waals surface area contributed by atoms with Crippen LogP contribution in [0.5, 0.6) is 0 Å². The van der Waals surface area contributed by atoms with E-state index in [1.165, 1.54) is 12.4 Å². The van der Waals surface area contributed by atoms with E-state index in [1.807, 2.05) is 0 Å². The zero-order valence-electron chi connectivity index (χ0n) is 4.97. The molecule has 0 saturated heterocycles. The minimum Gasteiger partial charge on any atom is -0.390 e. The van der Waals surface area contributed by atoms with Crippen molar-refractivity contribution < 1.29 is 10.0 Å². The van der Waals surface area contributed by atoms with Gasteiger partial charge in [0.25, 0.3) is 0 Å². The highest BCUT2D eigenvalue weighted by Crippen LogP contribution is 2.04. The normalized spacial score (nSPS) is 9.70. The predicted molar refractivity (Wildman–Crippen MR) is 31.1 cm³/mol. The van der Waals surface area contributed by atoms with E-state index < -0.39 is 11.7 Å². The third-order valence-electron chi connectivity index (χ3n) is 1.01. The third kappa shape index (κ3) is 0.960. The van der Waals surface area contributed by atoms with Gasteiger partial charge >= 0.3 is 5.95 Å². The van der Waals surface area contributed by atoms with E-state index in [0.29, 0.717) is 0 Å². The zero-order chi connectivity index (χ0) is 7.56. The molecule has 54 valence electrons. The minimum atomic E-state index is -0.657. The number of aromatic nitrogens is 2. The molecule has 6 heteroatoms. The molecule has 1 heterocycles. The Hall–Kier alpha value is -1.43. The molecule has 0 aliphatic carbocycles. The van der Waals surface area contributed by atoms with Crippen LogP contribution >= 0.6 is 0 Å². The fourth-order valence-electron chi connectivity index (χ4n) is 0.584. The van der Waals surface area contributed by atoms with Crippen molar-refractivity contribution in [1.29, 1.82) is 0 Å². The molecular weight excluding hydrogens is 138 g/mol. The molecule has 0 unspecified atom stereocenters. The first-order valence-corrected chi connectivity index (χ1v) is 2.52. The van der Waals surface area contributed by atoms with E-state index in [0.717, 1.165) is 4.57 Å². The standard InChI is InChI=1S/C4H5N3O3/c8-3-6-2-1-5-4(6)7(9)10/h1-2,8H,3H2. The van der Waals surface area contributed by atoms with Crippen LogP contribution in [0.2, 0.25) is 0 Å². The van der Waals surface area contributed by atoms with Crippen LogP contribution in [0.1, 0.15) is 0 Å². The fourth-order valence-corrected chi connectivity index (χ4v) is 0.584. The van der Waals surface area contributed by atoms with Crippen LogP contribution in [-0.4, -0.2) is 19.6 Å². The first-order valence-electron chi connectivity index (χ1n) is 2.52. The van der Waals surface area contributed by atoms with Crippen LogP contribution in [0.3, 0.4) is 0 Å². The summed E-state index contributed by atoms with van der Waals surface area (Å²) in [7, 11) is 0. The Labute approximate surface area is 55.9 Å². The topological polar surface area (TPSA) is 81.2 Å². The lowest BCUT2D eigenvalue weighted by Crippen LogP contribution is -2.01. The largest absolute Gasteiger partial charge is 0.436 e. The number of aliphatic hydroxyl groups excluding tert-OH is 1. The van der Waals surface area contributed by atoms with Gasteiger partial charge in [-0.05, 0) is 4.92 Å². The van der Waals surface area contributed by atoms with E-state index in [1.54, 1.807) is 0 Å². The van der Waals surface area contributed by atoms with Crippen molar-refractivity contribution in [2.24, 2.45) is 0 Å². The van der Waals surface area contributed by atoms with E-state index in [9.17, 15) is 10.1 Å². The molecule has 6 nitrogen and oxygen atoms in total. The summed E-state index contributed by atoms with van der Waals surface area (Å²) in [5.41, 5.74) is 0. The quantitative estimate of drug-likeness (QED) is 0.456. The number of nitrogens with zero attached hydrogens (tertiary/aromatic N) is 3. The summed E-state index contributed by atoms with van der Waals surface area (Å²) >= 11 is 0. The van der Waals surface area contributed by atoms with Gasteiger partial charge in [-0.1, -0.05) is 4.98 Å². The van der Waals surface area contributed by atoms with Gasteiger partial charge in [0.15, 0.2) is 6.73 Å². The van der Waals surface area contributed by atoms with Crippen LogP contribution in [0.15, 0.2) is 12.4 Å². The number of imidazole rings is 1. The molecule has 0 radical (unpaired) electrons. The van der Waals surface area contributed by atoms with Crippen molar-refractivity contribution in [3.63, 3.8) is 0 Å². The number of aliphatic hydroxyl groups is 1. The summed E-state index contributed by atoms with van der Waals surface area (Å²) in [5, 5.41) is 18.5. The van der Waals surface area contributed by atoms with Gasteiger partial charge in [0, 0.05) is 0 Å². The number of rotatable bonds is 2. The smallest absolute Gasteiger partial charge is 0.390 e. The first kappa shape index (κ1) is 6.69. The van der Waals surface area contributed by atoms with E-state index >= 15 is 0 Å². The maximum Gasteiger partial charge on any atom is 0.436 e. The third-order valence-corrected chi connectivity index (χ3v) is 1.01. The maximum atomic E-state index is 10.1. The van der Waals surface area contributed by atoms with Crippen molar-refractivity contribution in [2.45, 2.75) is 6.73 Å². The lowest BCUT2D eigenvalue weighted by Gasteiger charge is -1.93. The molecule has 0 aromatic carbocycles. The molecule has 1 aromatic rings. The van der Waals surface area contributed by atoms with Gasteiger partial charge < -0.3 is 15.2 Å². The van der Waals surface area contributed by atoms with Crippen LogP contribution in [-0.2, 0) is 6.73 Å². The molecule has 1 aromatic heterocycles. The van der Waals surface area contributed by atoms with Gasteiger partial charge in [0.05, 0.1) is 0 Å². The molecule has 1 N–H and O–H groups in total. The molecule has 0 aliphatic heterocycles.